The first-order chi connectivity index (χ1) is 10.3. The van der Waals surface area contributed by atoms with Crippen LogP contribution in [-0.2, 0) is 4.74 Å². The van der Waals surface area contributed by atoms with E-state index in [1.54, 1.807) is 0 Å². The van der Waals surface area contributed by atoms with Crippen molar-refractivity contribution in [3.05, 3.63) is 12.4 Å². The van der Waals surface area contributed by atoms with Gasteiger partial charge in [-0.05, 0) is 6.92 Å². The molecule has 1 atom stereocenters. The average molecular weight is 294 g/mol. The number of aromatic nitrogens is 2. The van der Waals surface area contributed by atoms with Crippen LogP contribution in [0, 0.1) is 0 Å². The van der Waals surface area contributed by atoms with E-state index in [4.69, 9.17) is 9.47 Å². The van der Waals surface area contributed by atoms with Gasteiger partial charge in [0.15, 0.2) is 0 Å². The molecule has 1 aromatic heterocycles. The molecule has 21 heavy (non-hydrogen) atoms. The minimum absolute atomic E-state index is 0.0902. The van der Waals surface area contributed by atoms with E-state index < -0.39 is 0 Å². The summed E-state index contributed by atoms with van der Waals surface area (Å²) in [5, 5.41) is 9.87. The van der Waals surface area contributed by atoms with Crippen molar-refractivity contribution in [3.63, 3.8) is 0 Å². The first-order valence-corrected chi connectivity index (χ1v) is 7.41. The van der Waals surface area contributed by atoms with E-state index in [0.717, 1.165) is 32.1 Å². The van der Waals surface area contributed by atoms with E-state index in [2.05, 4.69) is 19.8 Å². The molecule has 0 spiro atoms. The lowest BCUT2D eigenvalue weighted by molar-refractivity contribution is -0.0951. The van der Waals surface area contributed by atoms with Gasteiger partial charge in [-0.1, -0.05) is 0 Å². The van der Waals surface area contributed by atoms with Gasteiger partial charge in [0, 0.05) is 32.2 Å². The highest BCUT2D eigenvalue weighted by Crippen LogP contribution is 2.28. The quantitative estimate of drug-likeness (QED) is 0.821. The maximum absolute atomic E-state index is 9.87. The molecule has 3 rings (SSSR count). The van der Waals surface area contributed by atoms with Crippen LogP contribution in [0.3, 0.4) is 0 Å². The third-order valence-corrected chi connectivity index (χ3v) is 4.21. The van der Waals surface area contributed by atoms with Crippen LogP contribution < -0.4 is 9.64 Å². The van der Waals surface area contributed by atoms with Crippen LogP contribution >= 0.6 is 0 Å². The summed E-state index contributed by atoms with van der Waals surface area (Å²) in [4.78, 5) is 12.9. The second-order valence-corrected chi connectivity index (χ2v) is 5.49. The zero-order chi connectivity index (χ0) is 14.7. The van der Waals surface area contributed by atoms with Gasteiger partial charge in [-0.3, -0.25) is 4.90 Å². The van der Waals surface area contributed by atoms with Gasteiger partial charge in [0.1, 0.15) is 12.1 Å². The van der Waals surface area contributed by atoms with E-state index in [1.165, 1.54) is 6.33 Å². The summed E-state index contributed by atoms with van der Waals surface area (Å²) in [6.07, 6.45) is 1.52. The molecular weight excluding hydrogens is 272 g/mol. The molecule has 1 unspecified atom stereocenters. The lowest BCUT2D eigenvalue weighted by Crippen LogP contribution is -2.69. The third kappa shape index (κ3) is 2.81. The lowest BCUT2D eigenvalue weighted by Gasteiger charge is -2.52. The van der Waals surface area contributed by atoms with E-state index in [0.29, 0.717) is 25.6 Å². The summed E-state index contributed by atoms with van der Waals surface area (Å²) in [5.41, 5.74) is -0.326. The second-order valence-electron chi connectivity index (χ2n) is 5.49. The Kier molecular flexibility index (Phi) is 4.23. The van der Waals surface area contributed by atoms with Crippen LogP contribution in [0.2, 0.25) is 0 Å². The Balaban J connectivity index is 1.79. The van der Waals surface area contributed by atoms with Gasteiger partial charge < -0.3 is 19.5 Å². The highest BCUT2D eigenvalue weighted by atomic mass is 16.5. The molecule has 2 fully saturated rings. The zero-order valence-corrected chi connectivity index (χ0v) is 12.4. The second kappa shape index (κ2) is 6.13. The Morgan fingerprint density at radius 3 is 3.10 bits per heavy atom. The lowest BCUT2D eigenvalue weighted by atomic mass is 9.94. The average Bonchev–Trinajstić information content (AvgIpc) is 2.55. The fourth-order valence-corrected chi connectivity index (χ4v) is 3.06. The van der Waals surface area contributed by atoms with Gasteiger partial charge in [-0.15, -0.1) is 0 Å². The summed E-state index contributed by atoms with van der Waals surface area (Å²) < 4.78 is 11.0. The molecular formula is C14H22N4O3. The Bertz CT molecular complexity index is 487. The number of anilines is 1. The highest BCUT2D eigenvalue weighted by Gasteiger charge is 2.44. The molecule has 116 valence electrons. The zero-order valence-electron chi connectivity index (χ0n) is 12.4. The number of hydrogen-bond acceptors (Lipinski definition) is 7. The molecule has 0 saturated carbocycles. The smallest absolute Gasteiger partial charge is 0.218 e. The minimum Gasteiger partial charge on any atom is -0.478 e. The van der Waals surface area contributed by atoms with E-state index in [-0.39, 0.29) is 12.1 Å². The fraction of sp³-hybridized carbons (Fsp3) is 0.714. The summed E-state index contributed by atoms with van der Waals surface area (Å²) >= 11 is 0. The summed E-state index contributed by atoms with van der Waals surface area (Å²) in [6, 6.07) is 1.86. The van der Waals surface area contributed by atoms with Gasteiger partial charge in [-0.25, -0.2) is 9.97 Å². The molecule has 1 N–H and O–H groups in total. The van der Waals surface area contributed by atoms with Crippen molar-refractivity contribution in [3.8, 4) is 5.88 Å². The largest absolute Gasteiger partial charge is 0.478 e. The molecule has 0 radical (unpaired) electrons. The molecule has 2 aliphatic rings. The topological polar surface area (TPSA) is 71.0 Å². The number of aliphatic hydroxyl groups excluding tert-OH is 1. The monoisotopic (exact) mass is 294 g/mol. The molecule has 0 amide bonds. The van der Waals surface area contributed by atoms with Gasteiger partial charge in [-0.2, -0.15) is 0 Å². The SMILES string of the molecule is CCOc1cc(N2CCN3CCOCC3(CO)C2)ncn1. The van der Waals surface area contributed by atoms with Gasteiger partial charge >= 0.3 is 0 Å². The van der Waals surface area contributed by atoms with E-state index in [1.807, 2.05) is 13.0 Å². The van der Waals surface area contributed by atoms with Crippen LogP contribution in [0.4, 0.5) is 5.82 Å². The molecule has 2 saturated heterocycles. The van der Waals surface area contributed by atoms with Crippen LogP contribution in [-0.4, -0.2) is 78.1 Å². The van der Waals surface area contributed by atoms with Crippen LogP contribution in [0.1, 0.15) is 6.92 Å². The van der Waals surface area contributed by atoms with Gasteiger partial charge in [0.2, 0.25) is 5.88 Å². The molecule has 0 aromatic carbocycles. The highest BCUT2D eigenvalue weighted by molar-refractivity contribution is 5.42. The normalized spacial score (nSPS) is 26.5. The van der Waals surface area contributed by atoms with Crippen molar-refractivity contribution in [1.29, 1.82) is 0 Å². The summed E-state index contributed by atoms with van der Waals surface area (Å²) in [6.45, 7) is 7.26. The molecule has 0 aliphatic carbocycles. The number of piperazine rings is 1. The number of morpholine rings is 1. The van der Waals surface area contributed by atoms with E-state index >= 15 is 0 Å². The molecule has 2 aliphatic heterocycles. The number of nitrogens with zero attached hydrogens (tertiary/aromatic N) is 4. The first-order valence-electron chi connectivity index (χ1n) is 7.41. The number of hydrogen-bond donors (Lipinski definition) is 1. The van der Waals surface area contributed by atoms with Crippen molar-refractivity contribution in [2.75, 3.05) is 57.5 Å². The maximum Gasteiger partial charge on any atom is 0.218 e. The van der Waals surface area contributed by atoms with Gasteiger partial charge in [0.05, 0.1) is 32.0 Å². The van der Waals surface area contributed by atoms with Crippen molar-refractivity contribution in [1.82, 2.24) is 14.9 Å². The number of aliphatic hydroxyl groups is 1. The van der Waals surface area contributed by atoms with Crippen molar-refractivity contribution in [2.24, 2.45) is 0 Å². The first kappa shape index (κ1) is 14.5. The number of fused-ring (bicyclic) bond motifs is 1. The van der Waals surface area contributed by atoms with Crippen molar-refractivity contribution < 1.29 is 14.6 Å². The van der Waals surface area contributed by atoms with Crippen molar-refractivity contribution >= 4 is 5.82 Å². The number of rotatable bonds is 4. The Morgan fingerprint density at radius 1 is 1.38 bits per heavy atom. The Labute approximate surface area is 124 Å². The Hall–Kier alpha value is -1.44. The van der Waals surface area contributed by atoms with E-state index in [9.17, 15) is 5.11 Å². The third-order valence-electron chi connectivity index (χ3n) is 4.21. The molecule has 7 heteroatoms. The Morgan fingerprint density at radius 2 is 2.29 bits per heavy atom. The van der Waals surface area contributed by atoms with Crippen LogP contribution in [0.25, 0.3) is 0 Å². The minimum atomic E-state index is -0.326. The maximum atomic E-state index is 9.87. The molecule has 3 heterocycles. The molecule has 0 bridgehead atoms. The van der Waals surface area contributed by atoms with Crippen LogP contribution in [0.15, 0.2) is 12.4 Å². The van der Waals surface area contributed by atoms with Crippen LogP contribution in [0.5, 0.6) is 5.88 Å². The van der Waals surface area contributed by atoms with Gasteiger partial charge in [0.25, 0.3) is 0 Å². The summed E-state index contributed by atoms with van der Waals surface area (Å²) in [7, 11) is 0. The predicted molar refractivity (Wildman–Crippen MR) is 77.6 cm³/mol. The standard InChI is InChI=1S/C14H22N4O3/c1-2-21-13-7-12(15-11-16-13)17-3-4-18-5-6-20-10-14(18,8-17)9-19/h7,11,19H,2-6,8-10H2,1H3. The summed E-state index contributed by atoms with van der Waals surface area (Å²) in [5.74, 6) is 1.43. The fourth-order valence-electron chi connectivity index (χ4n) is 3.06. The number of ether oxygens (including phenoxy) is 2. The molecule has 1 aromatic rings. The molecule has 7 nitrogen and oxygen atoms in total. The predicted octanol–water partition coefficient (Wildman–Crippen LogP) is -0.241. The van der Waals surface area contributed by atoms with Crippen molar-refractivity contribution in [2.45, 2.75) is 12.5 Å².